The van der Waals surface area contributed by atoms with Crippen LogP contribution in [0, 0.1) is 5.82 Å². The molecule has 1 aromatic carbocycles. The number of thioether (sulfide) groups is 1. The molecular weight excluding hydrogens is 339 g/mol. The van der Waals surface area contributed by atoms with Crippen LogP contribution in [-0.4, -0.2) is 36.4 Å². The van der Waals surface area contributed by atoms with Crippen LogP contribution in [0.25, 0.3) is 0 Å². The quantitative estimate of drug-likeness (QED) is 0.804. The summed E-state index contributed by atoms with van der Waals surface area (Å²) in [4.78, 5) is 17.2. The van der Waals surface area contributed by atoms with E-state index in [4.69, 9.17) is 4.74 Å². The maximum Gasteiger partial charge on any atom is 0.230 e. The van der Waals surface area contributed by atoms with Gasteiger partial charge in [-0.05, 0) is 42.7 Å². The Morgan fingerprint density at radius 1 is 1.24 bits per heavy atom. The van der Waals surface area contributed by atoms with Crippen LogP contribution in [0.3, 0.4) is 0 Å². The van der Waals surface area contributed by atoms with Crippen molar-refractivity contribution in [2.24, 2.45) is 0 Å². The Morgan fingerprint density at radius 3 is 2.72 bits per heavy atom. The van der Waals surface area contributed by atoms with E-state index in [1.165, 1.54) is 17.8 Å². The molecule has 1 aromatic heterocycles. The highest BCUT2D eigenvalue weighted by Gasteiger charge is 2.35. The number of amides is 1. The Labute approximate surface area is 151 Å². The van der Waals surface area contributed by atoms with Crippen LogP contribution in [-0.2, 0) is 14.9 Å². The molecule has 0 atom stereocenters. The number of hydrogen-bond acceptors (Lipinski definition) is 4. The molecule has 2 heterocycles. The lowest BCUT2D eigenvalue weighted by molar-refractivity contribution is -0.119. The standard InChI is InChI=1S/C19H21FN2O2S/c20-16-3-1-2-15(12-16)19(6-10-24-11-7-19)14-22-18(23)13-25-17-4-8-21-9-5-17/h1-5,8-9,12H,6-7,10-11,13-14H2,(H,22,23). The summed E-state index contributed by atoms with van der Waals surface area (Å²) >= 11 is 1.48. The molecule has 0 unspecified atom stereocenters. The molecule has 0 radical (unpaired) electrons. The fourth-order valence-corrected chi connectivity index (χ4v) is 3.76. The van der Waals surface area contributed by atoms with Crippen molar-refractivity contribution < 1.29 is 13.9 Å². The van der Waals surface area contributed by atoms with E-state index >= 15 is 0 Å². The van der Waals surface area contributed by atoms with Crippen molar-refractivity contribution >= 4 is 17.7 Å². The normalized spacial score (nSPS) is 16.4. The van der Waals surface area contributed by atoms with Crippen molar-refractivity contribution in [3.8, 4) is 0 Å². The first-order valence-electron chi connectivity index (χ1n) is 8.31. The molecule has 6 heteroatoms. The number of halogens is 1. The lowest BCUT2D eigenvalue weighted by Crippen LogP contribution is -2.45. The summed E-state index contributed by atoms with van der Waals surface area (Å²) in [5.74, 6) is 0.0757. The summed E-state index contributed by atoms with van der Waals surface area (Å²) in [6.45, 7) is 1.74. The highest BCUT2D eigenvalue weighted by Crippen LogP contribution is 2.34. The molecule has 2 aromatic rings. The Bertz CT molecular complexity index is 706. The van der Waals surface area contributed by atoms with E-state index in [1.54, 1.807) is 24.5 Å². The number of carbonyl (C=O) groups excluding carboxylic acids is 1. The second-order valence-corrected chi connectivity index (χ2v) is 7.20. The molecule has 1 aliphatic heterocycles. The highest BCUT2D eigenvalue weighted by molar-refractivity contribution is 8.00. The molecule has 1 saturated heterocycles. The monoisotopic (exact) mass is 360 g/mol. The lowest BCUT2D eigenvalue weighted by atomic mass is 9.74. The van der Waals surface area contributed by atoms with Crippen molar-refractivity contribution in [2.75, 3.05) is 25.5 Å². The van der Waals surface area contributed by atoms with Gasteiger partial charge in [-0.15, -0.1) is 11.8 Å². The number of pyridine rings is 1. The Balaban J connectivity index is 1.62. The van der Waals surface area contributed by atoms with Gasteiger partial charge in [-0.3, -0.25) is 9.78 Å². The van der Waals surface area contributed by atoms with Crippen LogP contribution in [0.5, 0.6) is 0 Å². The summed E-state index contributed by atoms with van der Waals surface area (Å²) in [7, 11) is 0. The van der Waals surface area contributed by atoms with Gasteiger partial charge in [0.1, 0.15) is 5.82 Å². The first-order valence-corrected chi connectivity index (χ1v) is 9.30. The van der Waals surface area contributed by atoms with Crippen LogP contribution in [0.4, 0.5) is 4.39 Å². The average molecular weight is 360 g/mol. The van der Waals surface area contributed by atoms with Crippen LogP contribution in [0.1, 0.15) is 18.4 Å². The molecule has 0 aliphatic carbocycles. The van der Waals surface area contributed by atoms with Gasteiger partial charge in [0.15, 0.2) is 0 Å². The zero-order chi connectivity index (χ0) is 17.5. The van der Waals surface area contributed by atoms with E-state index < -0.39 is 0 Å². The number of nitrogens with zero attached hydrogens (tertiary/aromatic N) is 1. The Kier molecular flexibility index (Phi) is 6.04. The van der Waals surface area contributed by atoms with E-state index in [1.807, 2.05) is 18.2 Å². The van der Waals surface area contributed by atoms with Gasteiger partial charge in [0, 0.05) is 42.5 Å². The van der Waals surface area contributed by atoms with Crippen LogP contribution >= 0.6 is 11.8 Å². The number of ether oxygens (including phenoxy) is 1. The van der Waals surface area contributed by atoms with Crippen molar-refractivity contribution in [1.82, 2.24) is 10.3 Å². The smallest absolute Gasteiger partial charge is 0.230 e. The van der Waals surface area contributed by atoms with E-state index in [0.29, 0.717) is 25.5 Å². The fraction of sp³-hybridized carbons (Fsp3) is 0.368. The highest BCUT2D eigenvalue weighted by atomic mass is 32.2. The van der Waals surface area contributed by atoms with Crippen molar-refractivity contribution in [1.29, 1.82) is 0 Å². The van der Waals surface area contributed by atoms with Gasteiger partial charge >= 0.3 is 0 Å². The van der Waals surface area contributed by atoms with E-state index in [0.717, 1.165) is 23.3 Å². The first-order chi connectivity index (χ1) is 12.2. The maximum atomic E-state index is 13.7. The predicted molar refractivity (Wildman–Crippen MR) is 96.1 cm³/mol. The molecular formula is C19H21FN2O2S. The maximum absolute atomic E-state index is 13.7. The zero-order valence-corrected chi connectivity index (χ0v) is 14.7. The lowest BCUT2D eigenvalue weighted by Gasteiger charge is -2.38. The van der Waals surface area contributed by atoms with Crippen molar-refractivity contribution in [2.45, 2.75) is 23.2 Å². The second kappa shape index (κ2) is 8.45. The molecule has 1 N–H and O–H groups in total. The fourth-order valence-electron chi connectivity index (χ4n) is 3.05. The van der Waals surface area contributed by atoms with E-state index in [9.17, 15) is 9.18 Å². The van der Waals surface area contributed by atoms with Crippen molar-refractivity contribution in [3.05, 3.63) is 60.2 Å². The minimum Gasteiger partial charge on any atom is -0.381 e. The molecule has 1 aliphatic rings. The van der Waals surface area contributed by atoms with E-state index in [-0.39, 0.29) is 17.1 Å². The molecule has 1 amide bonds. The number of hydrogen-bond donors (Lipinski definition) is 1. The Morgan fingerprint density at radius 2 is 2.00 bits per heavy atom. The summed E-state index contributed by atoms with van der Waals surface area (Å²) in [5, 5.41) is 3.03. The molecule has 132 valence electrons. The molecule has 0 bridgehead atoms. The van der Waals surface area contributed by atoms with E-state index in [2.05, 4.69) is 10.3 Å². The molecule has 25 heavy (non-hydrogen) atoms. The molecule has 0 saturated carbocycles. The third kappa shape index (κ3) is 4.80. The second-order valence-electron chi connectivity index (χ2n) is 6.15. The summed E-state index contributed by atoms with van der Waals surface area (Å²) in [6, 6.07) is 10.4. The van der Waals surface area contributed by atoms with Crippen LogP contribution < -0.4 is 5.32 Å². The predicted octanol–water partition coefficient (Wildman–Crippen LogP) is 3.18. The number of carbonyl (C=O) groups is 1. The largest absolute Gasteiger partial charge is 0.381 e. The summed E-state index contributed by atoms with van der Waals surface area (Å²) < 4.78 is 19.1. The van der Waals surface area contributed by atoms with Crippen molar-refractivity contribution in [3.63, 3.8) is 0 Å². The number of aromatic nitrogens is 1. The SMILES string of the molecule is O=C(CSc1ccncc1)NCC1(c2cccc(F)c2)CCOCC1. The van der Waals surface area contributed by atoms with Gasteiger partial charge in [0.25, 0.3) is 0 Å². The van der Waals surface area contributed by atoms with Crippen LogP contribution in [0.2, 0.25) is 0 Å². The first kappa shape index (κ1) is 17.9. The minimum absolute atomic E-state index is 0.0240. The van der Waals surface area contributed by atoms with Gasteiger partial charge in [-0.1, -0.05) is 12.1 Å². The molecule has 0 spiro atoms. The number of benzene rings is 1. The van der Waals surface area contributed by atoms with Gasteiger partial charge in [0.05, 0.1) is 5.75 Å². The van der Waals surface area contributed by atoms with Crippen LogP contribution in [0.15, 0.2) is 53.7 Å². The third-order valence-corrected chi connectivity index (χ3v) is 5.54. The molecule has 1 fully saturated rings. The Hall–Kier alpha value is -1.92. The number of rotatable bonds is 6. The van der Waals surface area contributed by atoms with Gasteiger partial charge in [-0.25, -0.2) is 4.39 Å². The summed E-state index contributed by atoms with van der Waals surface area (Å²) in [5.41, 5.74) is 0.662. The van der Waals surface area contributed by atoms with Gasteiger partial charge in [-0.2, -0.15) is 0 Å². The zero-order valence-electron chi connectivity index (χ0n) is 13.9. The minimum atomic E-state index is -0.267. The average Bonchev–Trinajstić information content (AvgIpc) is 2.66. The van der Waals surface area contributed by atoms with Gasteiger partial charge < -0.3 is 10.1 Å². The molecule has 3 rings (SSSR count). The summed E-state index contributed by atoms with van der Waals surface area (Å²) in [6.07, 6.45) is 4.96. The number of nitrogens with one attached hydrogen (secondary N) is 1. The van der Waals surface area contributed by atoms with Gasteiger partial charge in [0.2, 0.25) is 5.91 Å². The topological polar surface area (TPSA) is 51.2 Å². The molecule has 4 nitrogen and oxygen atoms in total. The third-order valence-electron chi connectivity index (χ3n) is 4.53.